The Morgan fingerprint density at radius 3 is 3.00 bits per heavy atom. The van der Waals surface area contributed by atoms with Crippen LogP contribution < -0.4 is 5.43 Å². The van der Waals surface area contributed by atoms with Crippen LogP contribution in [0.3, 0.4) is 0 Å². The summed E-state index contributed by atoms with van der Waals surface area (Å²) >= 11 is 0. The minimum atomic E-state index is -0.378. The first-order valence-corrected chi connectivity index (χ1v) is 5.47. The summed E-state index contributed by atoms with van der Waals surface area (Å²) in [5.74, 6) is 0.655. The quantitative estimate of drug-likeness (QED) is 0.728. The Morgan fingerprint density at radius 2 is 2.12 bits per heavy atom. The summed E-state index contributed by atoms with van der Waals surface area (Å²) in [6, 6.07) is 7.25. The predicted molar refractivity (Wildman–Crippen MR) is 60.5 cm³/mol. The van der Waals surface area contributed by atoms with Crippen molar-refractivity contribution in [3.05, 3.63) is 45.8 Å². The highest BCUT2D eigenvalue weighted by atomic mass is 16.3. The second-order valence-electron chi connectivity index (χ2n) is 4.23. The van der Waals surface area contributed by atoms with E-state index in [1.807, 2.05) is 12.1 Å². The van der Waals surface area contributed by atoms with Gasteiger partial charge in [0.05, 0.1) is 11.5 Å². The summed E-state index contributed by atoms with van der Waals surface area (Å²) in [7, 11) is 0. The summed E-state index contributed by atoms with van der Waals surface area (Å²) in [4.78, 5) is 12.1. The fraction of sp³-hybridized carbons (Fsp3) is 0.308. The second kappa shape index (κ2) is 3.46. The van der Waals surface area contributed by atoms with Crippen LogP contribution >= 0.6 is 0 Å². The van der Waals surface area contributed by atoms with E-state index in [0.29, 0.717) is 36.0 Å². The molecule has 0 unspecified atom stereocenters. The number of fused-ring (bicyclic) bond motifs is 2. The number of hydrogen-bond acceptors (Lipinski definition) is 3. The normalized spacial score (nSPS) is 19.7. The molecule has 2 aromatic rings. The van der Waals surface area contributed by atoms with Crippen molar-refractivity contribution < 1.29 is 9.52 Å². The van der Waals surface area contributed by atoms with Gasteiger partial charge in [0.1, 0.15) is 11.3 Å². The molecule has 0 saturated heterocycles. The van der Waals surface area contributed by atoms with Gasteiger partial charge in [0.15, 0.2) is 5.43 Å². The molecule has 0 saturated carbocycles. The summed E-state index contributed by atoms with van der Waals surface area (Å²) in [6.45, 7) is 0. The first kappa shape index (κ1) is 9.60. The average Bonchev–Trinajstić information content (AvgIpc) is 2.29. The zero-order chi connectivity index (χ0) is 11.1. The Kier molecular flexibility index (Phi) is 2.07. The highest BCUT2D eigenvalue weighted by molar-refractivity contribution is 5.77. The lowest BCUT2D eigenvalue weighted by Crippen LogP contribution is -2.24. The van der Waals surface area contributed by atoms with E-state index in [9.17, 15) is 9.90 Å². The van der Waals surface area contributed by atoms with E-state index in [1.54, 1.807) is 12.1 Å². The maximum atomic E-state index is 12.1. The molecule has 82 valence electrons. The molecule has 0 spiro atoms. The van der Waals surface area contributed by atoms with Crippen LogP contribution in [0, 0.1) is 0 Å². The van der Waals surface area contributed by atoms with Gasteiger partial charge in [0.25, 0.3) is 0 Å². The van der Waals surface area contributed by atoms with Crippen LogP contribution in [0.15, 0.2) is 33.5 Å². The van der Waals surface area contributed by atoms with E-state index >= 15 is 0 Å². The Morgan fingerprint density at radius 1 is 1.31 bits per heavy atom. The Balaban J connectivity index is 2.33. The molecule has 1 N–H and O–H groups in total. The third-order valence-electron chi connectivity index (χ3n) is 3.12. The molecule has 3 rings (SSSR count). The van der Waals surface area contributed by atoms with Gasteiger partial charge in [0, 0.05) is 12.0 Å². The molecule has 3 nitrogen and oxygen atoms in total. The lowest BCUT2D eigenvalue weighted by Gasteiger charge is -2.18. The van der Waals surface area contributed by atoms with Crippen LogP contribution in [0.25, 0.3) is 11.0 Å². The minimum absolute atomic E-state index is 0.0590. The molecule has 1 aliphatic rings. The third-order valence-corrected chi connectivity index (χ3v) is 3.12. The summed E-state index contributed by atoms with van der Waals surface area (Å²) in [5, 5.41) is 10.2. The van der Waals surface area contributed by atoms with Crippen molar-refractivity contribution in [2.75, 3.05) is 0 Å². The smallest absolute Gasteiger partial charge is 0.196 e. The van der Waals surface area contributed by atoms with E-state index in [4.69, 9.17) is 4.42 Å². The molecule has 0 amide bonds. The van der Waals surface area contributed by atoms with Crippen LogP contribution in [0.2, 0.25) is 0 Å². The molecular weight excluding hydrogens is 204 g/mol. The van der Waals surface area contributed by atoms with Gasteiger partial charge in [-0.3, -0.25) is 4.79 Å². The number of hydrogen-bond donors (Lipinski definition) is 1. The summed E-state index contributed by atoms with van der Waals surface area (Å²) in [5.41, 5.74) is 1.41. The van der Waals surface area contributed by atoms with Gasteiger partial charge in [-0.1, -0.05) is 12.1 Å². The van der Waals surface area contributed by atoms with Crippen molar-refractivity contribution in [3.8, 4) is 0 Å². The molecule has 0 fully saturated rings. The number of benzene rings is 1. The van der Waals surface area contributed by atoms with Gasteiger partial charge >= 0.3 is 0 Å². The van der Waals surface area contributed by atoms with Crippen LogP contribution in [-0.4, -0.2) is 11.2 Å². The SMILES string of the molecule is O=c1c2c(oc3ccccc13)C[C@H](O)CC2. The Bertz CT molecular complexity index is 598. The van der Waals surface area contributed by atoms with Gasteiger partial charge in [-0.2, -0.15) is 0 Å². The number of para-hydroxylation sites is 1. The van der Waals surface area contributed by atoms with E-state index in [2.05, 4.69) is 0 Å². The standard InChI is InChI=1S/C13H12O3/c14-8-5-6-10-12(7-8)16-11-4-2-1-3-9(11)13(10)15/h1-4,8,14H,5-7H2/t8-/m1/s1. The highest BCUT2D eigenvalue weighted by Gasteiger charge is 2.22. The van der Waals surface area contributed by atoms with Crippen LogP contribution in [-0.2, 0) is 12.8 Å². The van der Waals surface area contributed by atoms with Crippen molar-refractivity contribution >= 4 is 11.0 Å². The Labute approximate surface area is 92.3 Å². The average molecular weight is 216 g/mol. The minimum Gasteiger partial charge on any atom is -0.460 e. The molecule has 1 aliphatic carbocycles. The van der Waals surface area contributed by atoms with Crippen LogP contribution in [0.4, 0.5) is 0 Å². The zero-order valence-electron chi connectivity index (χ0n) is 8.77. The summed E-state index contributed by atoms with van der Waals surface area (Å²) in [6.07, 6.45) is 1.34. The lowest BCUT2D eigenvalue weighted by atomic mass is 9.94. The van der Waals surface area contributed by atoms with E-state index < -0.39 is 0 Å². The molecule has 0 bridgehead atoms. The number of aliphatic hydroxyl groups excluding tert-OH is 1. The molecule has 1 aromatic carbocycles. The van der Waals surface area contributed by atoms with Crippen molar-refractivity contribution in [1.29, 1.82) is 0 Å². The fourth-order valence-corrected chi connectivity index (χ4v) is 2.27. The fourth-order valence-electron chi connectivity index (χ4n) is 2.27. The van der Waals surface area contributed by atoms with E-state index in [1.165, 1.54) is 0 Å². The Hall–Kier alpha value is -1.61. The van der Waals surface area contributed by atoms with Gasteiger partial charge < -0.3 is 9.52 Å². The largest absolute Gasteiger partial charge is 0.460 e. The van der Waals surface area contributed by atoms with Gasteiger partial charge in [-0.05, 0) is 25.0 Å². The monoisotopic (exact) mass is 216 g/mol. The maximum absolute atomic E-state index is 12.1. The molecule has 1 aromatic heterocycles. The van der Waals surface area contributed by atoms with Gasteiger partial charge in [0.2, 0.25) is 0 Å². The van der Waals surface area contributed by atoms with Crippen LogP contribution in [0.1, 0.15) is 17.7 Å². The summed E-state index contributed by atoms with van der Waals surface area (Å²) < 4.78 is 5.68. The third kappa shape index (κ3) is 1.36. The predicted octanol–water partition coefficient (Wildman–Crippen LogP) is 1.64. The maximum Gasteiger partial charge on any atom is 0.196 e. The molecule has 16 heavy (non-hydrogen) atoms. The van der Waals surface area contributed by atoms with Gasteiger partial charge in [-0.15, -0.1) is 0 Å². The van der Waals surface area contributed by atoms with Crippen molar-refractivity contribution in [1.82, 2.24) is 0 Å². The van der Waals surface area contributed by atoms with Crippen molar-refractivity contribution in [3.63, 3.8) is 0 Å². The zero-order valence-corrected chi connectivity index (χ0v) is 8.77. The molecular formula is C13H12O3. The van der Waals surface area contributed by atoms with Gasteiger partial charge in [-0.25, -0.2) is 0 Å². The van der Waals surface area contributed by atoms with Crippen molar-refractivity contribution in [2.45, 2.75) is 25.4 Å². The number of aliphatic hydroxyl groups is 1. The van der Waals surface area contributed by atoms with Crippen molar-refractivity contribution in [2.24, 2.45) is 0 Å². The highest BCUT2D eigenvalue weighted by Crippen LogP contribution is 2.22. The van der Waals surface area contributed by atoms with Crippen LogP contribution in [0.5, 0.6) is 0 Å². The topological polar surface area (TPSA) is 50.4 Å². The first-order chi connectivity index (χ1) is 7.75. The molecule has 0 aliphatic heterocycles. The molecule has 1 heterocycles. The first-order valence-electron chi connectivity index (χ1n) is 5.47. The lowest BCUT2D eigenvalue weighted by molar-refractivity contribution is 0.149. The van der Waals surface area contributed by atoms with E-state index in [-0.39, 0.29) is 11.5 Å². The molecule has 1 atom stereocenters. The number of rotatable bonds is 0. The second-order valence-corrected chi connectivity index (χ2v) is 4.23. The molecule has 3 heteroatoms. The van der Waals surface area contributed by atoms with E-state index in [0.717, 1.165) is 5.56 Å². The molecule has 0 radical (unpaired) electrons.